The number of hydrazone groups is 1. The summed E-state index contributed by atoms with van der Waals surface area (Å²) in [5.74, 6) is 0.119. The first kappa shape index (κ1) is 14.7. The van der Waals surface area contributed by atoms with Crippen molar-refractivity contribution in [3.8, 4) is 0 Å². The molecule has 0 aliphatic heterocycles. The van der Waals surface area contributed by atoms with Crippen LogP contribution in [-0.2, 0) is 4.79 Å². The van der Waals surface area contributed by atoms with Gasteiger partial charge >= 0.3 is 0 Å². The fraction of sp³-hybridized carbons (Fsp3) is 0.0667. The summed E-state index contributed by atoms with van der Waals surface area (Å²) < 4.78 is 2.01. The maximum atomic E-state index is 11.7. The Balaban J connectivity index is 1.51. The predicted molar refractivity (Wildman–Crippen MR) is 90.3 cm³/mol. The highest BCUT2D eigenvalue weighted by atomic mass is 32.2. The fourth-order valence-corrected chi connectivity index (χ4v) is 3.56. The molecule has 0 spiro atoms. The monoisotopic (exact) mass is 328 g/mol. The molecule has 5 nitrogen and oxygen atoms in total. The quantitative estimate of drug-likeness (QED) is 0.444. The minimum absolute atomic E-state index is 0.163. The molecule has 1 N–H and O–H groups in total. The Morgan fingerprint density at radius 1 is 1.32 bits per heavy atom. The molecule has 0 atom stereocenters. The highest BCUT2D eigenvalue weighted by molar-refractivity contribution is 8.01. The Kier molecular flexibility index (Phi) is 4.77. The van der Waals surface area contributed by atoms with E-state index in [1.165, 1.54) is 11.8 Å². The van der Waals surface area contributed by atoms with Crippen molar-refractivity contribution in [3.05, 3.63) is 54.4 Å². The molecule has 3 rings (SSSR count). The van der Waals surface area contributed by atoms with E-state index in [1.807, 2.05) is 36.4 Å². The fourth-order valence-electron chi connectivity index (χ4n) is 1.70. The number of aromatic nitrogens is 2. The number of thioether (sulfide) groups is 1. The summed E-state index contributed by atoms with van der Waals surface area (Å²) in [6.45, 7) is 0. The van der Waals surface area contributed by atoms with E-state index in [9.17, 15) is 4.79 Å². The van der Waals surface area contributed by atoms with Gasteiger partial charge in [0.25, 0.3) is 5.91 Å². The van der Waals surface area contributed by atoms with Crippen molar-refractivity contribution in [2.24, 2.45) is 5.10 Å². The van der Waals surface area contributed by atoms with Gasteiger partial charge in [-0.05, 0) is 18.2 Å². The number of fused-ring (bicyclic) bond motifs is 1. The van der Waals surface area contributed by atoms with Gasteiger partial charge in [0.05, 0.1) is 22.2 Å². The number of hydrogen-bond donors (Lipinski definition) is 1. The molecule has 0 aliphatic rings. The third-order valence-corrected chi connectivity index (χ3v) is 4.87. The van der Waals surface area contributed by atoms with Gasteiger partial charge < -0.3 is 0 Å². The van der Waals surface area contributed by atoms with E-state index >= 15 is 0 Å². The number of hydrogen-bond acceptors (Lipinski definition) is 6. The maximum Gasteiger partial charge on any atom is 0.250 e. The number of nitrogens with one attached hydrogen (secondary N) is 1. The molecule has 0 unspecified atom stereocenters. The molecule has 0 fully saturated rings. The van der Waals surface area contributed by atoms with Crippen LogP contribution in [0.15, 0.2) is 58.2 Å². The molecule has 0 bridgehead atoms. The summed E-state index contributed by atoms with van der Waals surface area (Å²) in [5.41, 5.74) is 4.29. The van der Waals surface area contributed by atoms with E-state index in [-0.39, 0.29) is 11.7 Å². The summed E-state index contributed by atoms with van der Waals surface area (Å²) in [4.78, 5) is 20.2. The van der Waals surface area contributed by atoms with Crippen LogP contribution in [0.3, 0.4) is 0 Å². The van der Waals surface area contributed by atoms with Crippen LogP contribution in [-0.4, -0.2) is 27.8 Å². The van der Waals surface area contributed by atoms with E-state index in [0.717, 1.165) is 20.1 Å². The van der Waals surface area contributed by atoms with Crippen molar-refractivity contribution < 1.29 is 4.79 Å². The third-order valence-electron chi connectivity index (χ3n) is 2.69. The molecule has 2 heterocycles. The van der Waals surface area contributed by atoms with Crippen LogP contribution < -0.4 is 5.43 Å². The largest absolute Gasteiger partial charge is 0.272 e. The van der Waals surface area contributed by atoms with Gasteiger partial charge in [-0.1, -0.05) is 30.0 Å². The van der Waals surface area contributed by atoms with Gasteiger partial charge in [0.2, 0.25) is 0 Å². The lowest BCUT2D eigenvalue weighted by molar-refractivity contribution is -0.118. The molecule has 0 aliphatic carbocycles. The third kappa shape index (κ3) is 3.90. The minimum Gasteiger partial charge on any atom is -0.272 e. The van der Waals surface area contributed by atoms with Gasteiger partial charge in [-0.15, -0.1) is 11.3 Å². The Morgan fingerprint density at radius 2 is 2.23 bits per heavy atom. The van der Waals surface area contributed by atoms with Crippen LogP contribution >= 0.6 is 23.1 Å². The summed E-state index contributed by atoms with van der Waals surface area (Å²) in [5, 5.41) is 3.90. The zero-order chi connectivity index (χ0) is 15.2. The Labute approximate surface area is 135 Å². The Hall–Kier alpha value is -2.25. The standard InChI is InChI=1S/C15H12N4OS2/c20-14(19-17-9-11-4-3-7-16-8-11)10-21-15-18-12-5-1-2-6-13(12)22-15/h1-9H,10H2,(H,19,20)/b17-9-. The number of carbonyl (C=O) groups is 1. The number of nitrogens with zero attached hydrogens (tertiary/aromatic N) is 3. The van der Waals surface area contributed by atoms with Crippen LogP contribution in [0.4, 0.5) is 0 Å². The number of para-hydroxylation sites is 1. The predicted octanol–water partition coefficient (Wildman–Crippen LogP) is 2.93. The molecule has 0 radical (unpaired) electrons. The van der Waals surface area contributed by atoms with Crippen LogP contribution in [0.1, 0.15) is 5.56 Å². The van der Waals surface area contributed by atoms with Crippen molar-refractivity contribution in [2.45, 2.75) is 4.34 Å². The highest BCUT2D eigenvalue weighted by Gasteiger charge is 2.06. The van der Waals surface area contributed by atoms with Crippen molar-refractivity contribution in [3.63, 3.8) is 0 Å². The van der Waals surface area contributed by atoms with Crippen molar-refractivity contribution in [1.82, 2.24) is 15.4 Å². The second kappa shape index (κ2) is 7.15. The van der Waals surface area contributed by atoms with Gasteiger partial charge in [-0.2, -0.15) is 5.10 Å². The summed E-state index contributed by atoms with van der Waals surface area (Å²) in [6.07, 6.45) is 4.92. The topological polar surface area (TPSA) is 67.2 Å². The number of thiazole rings is 1. The zero-order valence-electron chi connectivity index (χ0n) is 11.5. The average Bonchev–Trinajstić information content (AvgIpc) is 2.97. The van der Waals surface area contributed by atoms with Crippen LogP contribution in [0.25, 0.3) is 10.2 Å². The number of amides is 1. The smallest absolute Gasteiger partial charge is 0.250 e. The lowest BCUT2D eigenvalue weighted by atomic mass is 10.3. The number of benzene rings is 1. The molecule has 110 valence electrons. The molecule has 2 aromatic heterocycles. The molecular formula is C15H12N4OS2. The first-order valence-corrected chi connectivity index (χ1v) is 8.32. The normalized spacial score (nSPS) is 11.1. The van der Waals surface area contributed by atoms with Gasteiger partial charge in [-0.25, -0.2) is 10.4 Å². The Bertz CT molecular complexity index is 768. The van der Waals surface area contributed by atoms with E-state index in [1.54, 1.807) is 29.9 Å². The summed E-state index contributed by atoms with van der Waals surface area (Å²) in [7, 11) is 0. The Morgan fingerprint density at radius 3 is 3.05 bits per heavy atom. The average molecular weight is 328 g/mol. The number of carbonyl (C=O) groups excluding carboxylic acids is 1. The van der Waals surface area contributed by atoms with Crippen LogP contribution in [0.2, 0.25) is 0 Å². The lowest BCUT2D eigenvalue weighted by Gasteiger charge is -1.97. The molecule has 22 heavy (non-hydrogen) atoms. The molecular weight excluding hydrogens is 316 g/mol. The van der Waals surface area contributed by atoms with Gasteiger partial charge in [0.15, 0.2) is 4.34 Å². The van der Waals surface area contributed by atoms with E-state index in [2.05, 4.69) is 20.5 Å². The zero-order valence-corrected chi connectivity index (χ0v) is 13.1. The molecule has 7 heteroatoms. The van der Waals surface area contributed by atoms with E-state index < -0.39 is 0 Å². The van der Waals surface area contributed by atoms with Crippen molar-refractivity contribution >= 4 is 45.4 Å². The maximum absolute atomic E-state index is 11.7. The molecule has 1 amide bonds. The lowest BCUT2D eigenvalue weighted by Crippen LogP contribution is -2.19. The number of pyridine rings is 1. The summed E-state index contributed by atoms with van der Waals surface area (Å²) >= 11 is 2.99. The number of rotatable bonds is 5. The first-order chi connectivity index (χ1) is 10.8. The minimum atomic E-state index is -0.163. The van der Waals surface area contributed by atoms with Crippen molar-refractivity contribution in [1.29, 1.82) is 0 Å². The van der Waals surface area contributed by atoms with Gasteiger partial charge in [-0.3, -0.25) is 9.78 Å². The highest BCUT2D eigenvalue weighted by Crippen LogP contribution is 2.28. The van der Waals surface area contributed by atoms with Crippen LogP contribution in [0, 0.1) is 0 Å². The van der Waals surface area contributed by atoms with E-state index in [4.69, 9.17) is 0 Å². The van der Waals surface area contributed by atoms with Gasteiger partial charge in [0, 0.05) is 18.0 Å². The molecule has 0 saturated heterocycles. The second-order valence-corrected chi connectivity index (χ2v) is 6.57. The van der Waals surface area contributed by atoms with Gasteiger partial charge in [0.1, 0.15) is 0 Å². The van der Waals surface area contributed by atoms with E-state index in [0.29, 0.717) is 0 Å². The van der Waals surface area contributed by atoms with Crippen molar-refractivity contribution in [2.75, 3.05) is 5.75 Å². The molecule has 3 aromatic rings. The SMILES string of the molecule is O=C(CSc1nc2ccccc2s1)N/N=C\c1cccnc1. The first-order valence-electron chi connectivity index (χ1n) is 6.51. The second-order valence-electron chi connectivity index (χ2n) is 4.32. The van der Waals surface area contributed by atoms with Crippen LogP contribution in [0.5, 0.6) is 0 Å². The molecule has 0 saturated carbocycles. The molecule has 1 aromatic carbocycles. The summed E-state index contributed by atoms with van der Waals surface area (Å²) in [6, 6.07) is 11.6.